The summed E-state index contributed by atoms with van der Waals surface area (Å²) in [4.78, 5) is 6.76. The van der Waals surface area contributed by atoms with Gasteiger partial charge in [0.25, 0.3) is 0 Å². The van der Waals surface area contributed by atoms with Crippen LogP contribution in [0.3, 0.4) is 0 Å². The molecule has 0 amide bonds. The van der Waals surface area contributed by atoms with Crippen molar-refractivity contribution in [3.8, 4) is 0 Å². The number of aromatic nitrogens is 2. The summed E-state index contributed by atoms with van der Waals surface area (Å²) in [5.41, 5.74) is 2.78. The molecule has 2 fully saturated rings. The van der Waals surface area contributed by atoms with Crippen molar-refractivity contribution in [1.29, 1.82) is 0 Å². The van der Waals surface area contributed by atoms with Crippen molar-refractivity contribution in [2.45, 2.75) is 71.1 Å². The van der Waals surface area contributed by atoms with E-state index in [9.17, 15) is 0 Å². The molecule has 2 saturated carbocycles. The lowest BCUT2D eigenvalue weighted by atomic mass is 9.51. The third kappa shape index (κ3) is 3.36. The molecule has 6 nitrogen and oxygen atoms in total. The number of nitrogens with zero attached hydrogens (tertiary/aromatic N) is 4. The highest BCUT2D eigenvalue weighted by atomic mass is 16.5. The number of hydrogen-bond donors (Lipinski definition) is 1. The van der Waals surface area contributed by atoms with Gasteiger partial charge < -0.3 is 15.0 Å². The van der Waals surface area contributed by atoms with Crippen LogP contribution in [0, 0.1) is 5.41 Å². The first-order valence-corrected chi connectivity index (χ1v) is 9.99. The average Bonchev–Trinajstić information content (AvgIpc) is 2.89. The maximum Gasteiger partial charge on any atom is 0.193 e. The molecule has 2 aliphatic carbocycles. The van der Waals surface area contributed by atoms with E-state index in [4.69, 9.17) is 4.74 Å². The number of aryl methyl sites for hydroxylation is 1. The van der Waals surface area contributed by atoms with Gasteiger partial charge in [-0.3, -0.25) is 9.67 Å². The fourth-order valence-electron chi connectivity index (χ4n) is 4.64. The van der Waals surface area contributed by atoms with Gasteiger partial charge in [-0.05, 0) is 32.1 Å². The van der Waals surface area contributed by atoms with Gasteiger partial charge in [-0.15, -0.1) is 0 Å². The van der Waals surface area contributed by atoms with Crippen LogP contribution in [0.2, 0.25) is 0 Å². The lowest BCUT2D eigenvalue weighted by Gasteiger charge is -2.61. The first kappa shape index (κ1) is 19.2. The number of ether oxygens (including phenoxy) is 1. The van der Waals surface area contributed by atoms with E-state index in [2.05, 4.69) is 54.3 Å². The summed E-state index contributed by atoms with van der Waals surface area (Å²) in [5.74, 6) is 1.39. The lowest BCUT2D eigenvalue weighted by molar-refractivity contribution is -0.168. The third-order valence-corrected chi connectivity index (χ3v) is 6.21. The number of nitrogens with one attached hydrogen (secondary N) is 1. The third-order valence-electron chi connectivity index (χ3n) is 6.21. The molecule has 0 aromatic carbocycles. The molecule has 146 valence electrons. The molecule has 26 heavy (non-hydrogen) atoms. The molecule has 1 spiro atoms. The first-order chi connectivity index (χ1) is 12.4. The van der Waals surface area contributed by atoms with E-state index in [-0.39, 0.29) is 0 Å². The van der Waals surface area contributed by atoms with Gasteiger partial charge in [-0.25, -0.2) is 0 Å². The summed E-state index contributed by atoms with van der Waals surface area (Å²) in [5, 5.41) is 8.35. The van der Waals surface area contributed by atoms with Crippen molar-refractivity contribution in [2.24, 2.45) is 17.5 Å². The summed E-state index contributed by atoms with van der Waals surface area (Å²) in [7, 11) is 5.97. The minimum absolute atomic E-state index is 0.337. The van der Waals surface area contributed by atoms with Gasteiger partial charge in [0, 0.05) is 57.5 Å². The predicted molar refractivity (Wildman–Crippen MR) is 105 cm³/mol. The molecule has 1 heterocycles. The fourth-order valence-corrected chi connectivity index (χ4v) is 4.64. The Hall–Kier alpha value is -1.56. The van der Waals surface area contributed by atoms with Gasteiger partial charge in [0.15, 0.2) is 5.96 Å². The molecule has 1 aromatic heterocycles. The van der Waals surface area contributed by atoms with Crippen molar-refractivity contribution in [1.82, 2.24) is 20.0 Å². The van der Waals surface area contributed by atoms with Crippen LogP contribution in [-0.2, 0) is 18.3 Å². The van der Waals surface area contributed by atoms with Crippen LogP contribution < -0.4 is 5.32 Å². The Morgan fingerprint density at radius 1 is 1.50 bits per heavy atom. The minimum atomic E-state index is 0.337. The van der Waals surface area contributed by atoms with E-state index in [0.717, 1.165) is 25.5 Å². The number of aliphatic imine (C=N–C) groups is 1. The molecule has 0 saturated heterocycles. The van der Waals surface area contributed by atoms with E-state index >= 15 is 0 Å². The van der Waals surface area contributed by atoms with Gasteiger partial charge in [-0.1, -0.05) is 20.3 Å². The summed E-state index contributed by atoms with van der Waals surface area (Å²) in [6.07, 6.45) is 7.51. The Bertz CT molecular complexity index is 647. The maximum atomic E-state index is 5.98. The second-order valence-corrected chi connectivity index (χ2v) is 8.23. The van der Waals surface area contributed by atoms with Gasteiger partial charge in [-0.2, -0.15) is 5.10 Å². The fraction of sp³-hybridized carbons (Fsp3) is 0.800. The Kier molecular flexibility index (Phi) is 5.61. The van der Waals surface area contributed by atoms with E-state index < -0.39 is 0 Å². The highest BCUT2D eigenvalue weighted by Crippen LogP contribution is 2.57. The largest absolute Gasteiger partial charge is 0.378 e. The predicted octanol–water partition coefficient (Wildman–Crippen LogP) is 2.90. The van der Waals surface area contributed by atoms with E-state index in [1.165, 1.54) is 30.5 Å². The quantitative estimate of drug-likeness (QED) is 0.625. The second-order valence-electron chi connectivity index (χ2n) is 8.23. The molecular weight excluding hydrogens is 326 g/mol. The van der Waals surface area contributed by atoms with E-state index in [1.807, 2.05) is 18.8 Å². The molecule has 2 aliphatic rings. The Morgan fingerprint density at radius 3 is 2.77 bits per heavy atom. The van der Waals surface area contributed by atoms with E-state index in [0.29, 0.717) is 23.5 Å². The zero-order chi connectivity index (χ0) is 18.9. The summed E-state index contributed by atoms with van der Waals surface area (Å²) < 4.78 is 7.89. The van der Waals surface area contributed by atoms with Gasteiger partial charge in [0.05, 0.1) is 11.8 Å². The minimum Gasteiger partial charge on any atom is -0.378 e. The lowest BCUT2D eigenvalue weighted by Crippen LogP contribution is -2.68. The summed E-state index contributed by atoms with van der Waals surface area (Å²) >= 11 is 0. The summed E-state index contributed by atoms with van der Waals surface area (Å²) in [6, 6.07) is 0.479. The highest BCUT2D eigenvalue weighted by Gasteiger charge is 2.59. The molecule has 2 unspecified atom stereocenters. The Balaban J connectivity index is 1.65. The molecule has 1 aromatic rings. The van der Waals surface area contributed by atoms with Crippen molar-refractivity contribution in [3.63, 3.8) is 0 Å². The maximum absolute atomic E-state index is 5.98. The second kappa shape index (κ2) is 7.59. The molecule has 0 radical (unpaired) electrons. The zero-order valence-corrected chi connectivity index (χ0v) is 17.2. The molecule has 3 rings (SSSR count). The van der Waals surface area contributed by atoms with Crippen LogP contribution in [0.1, 0.15) is 63.6 Å². The van der Waals surface area contributed by atoms with Crippen LogP contribution in [0.5, 0.6) is 0 Å². The standard InChI is InChI=1S/C20H35N5O/c1-7-26-17-11-16(20(17)9-8-10-20)22-19(21-4)24(5)12-15-13-25(6)23-18(15)14(2)3/h13-14,16-17H,7-12H2,1-6H3,(H,21,22). The normalized spacial score (nSPS) is 24.5. The van der Waals surface area contributed by atoms with Crippen LogP contribution in [0.15, 0.2) is 11.2 Å². The smallest absolute Gasteiger partial charge is 0.193 e. The first-order valence-electron chi connectivity index (χ1n) is 9.99. The van der Waals surface area contributed by atoms with Gasteiger partial charge in [0.1, 0.15) is 0 Å². The monoisotopic (exact) mass is 361 g/mol. The molecule has 0 bridgehead atoms. The van der Waals surface area contributed by atoms with Crippen molar-refractivity contribution in [3.05, 3.63) is 17.5 Å². The molecule has 6 heteroatoms. The average molecular weight is 362 g/mol. The van der Waals surface area contributed by atoms with E-state index in [1.54, 1.807) is 0 Å². The topological polar surface area (TPSA) is 54.7 Å². The number of rotatable bonds is 6. The summed E-state index contributed by atoms with van der Waals surface area (Å²) in [6.45, 7) is 8.12. The number of hydrogen-bond acceptors (Lipinski definition) is 3. The molecular formula is C20H35N5O. The van der Waals surface area contributed by atoms with Crippen molar-refractivity contribution < 1.29 is 4.74 Å². The van der Waals surface area contributed by atoms with Crippen LogP contribution >= 0.6 is 0 Å². The van der Waals surface area contributed by atoms with Crippen molar-refractivity contribution >= 4 is 5.96 Å². The SMILES string of the molecule is CCOC1CC(NC(=NC)N(C)Cc2cn(C)nc2C(C)C)C12CCC2. The molecule has 2 atom stereocenters. The van der Waals surface area contributed by atoms with Crippen LogP contribution in [0.25, 0.3) is 0 Å². The van der Waals surface area contributed by atoms with Gasteiger partial charge >= 0.3 is 0 Å². The molecule has 0 aliphatic heterocycles. The van der Waals surface area contributed by atoms with Crippen LogP contribution in [0.4, 0.5) is 0 Å². The Morgan fingerprint density at radius 2 is 2.23 bits per heavy atom. The van der Waals surface area contributed by atoms with Crippen molar-refractivity contribution in [2.75, 3.05) is 20.7 Å². The molecule has 1 N–H and O–H groups in total. The van der Waals surface area contributed by atoms with Gasteiger partial charge in [0.2, 0.25) is 0 Å². The van der Waals surface area contributed by atoms with Crippen LogP contribution in [-0.4, -0.2) is 53.5 Å². The Labute approximate surface area is 158 Å². The number of guanidine groups is 1. The highest BCUT2D eigenvalue weighted by molar-refractivity contribution is 5.80. The zero-order valence-electron chi connectivity index (χ0n) is 17.2.